The van der Waals surface area contributed by atoms with Crippen LogP contribution in [0, 0.1) is 0 Å². The summed E-state index contributed by atoms with van der Waals surface area (Å²) in [5.41, 5.74) is 8.50. The first-order valence-electron chi connectivity index (χ1n) is 2.48. The molecule has 0 spiro atoms. The van der Waals surface area contributed by atoms with Crippen molar-refractivity contribution in [3.05, 3.63) is 24.8 Å². The minimum absolute atomic E-state index is 0. The number of nitrogens with two attached hydrogens (primary N) is 2. The van der Waals surface area contributed by atoms with Crippen molar-refractivity contribution in [1.82, 2.24) is 9.97 Å². The molecule has 0 radical (unpaired) electrons. The SMILES string of the molecule is NC(N)=O.[H-].[Na+].c1cncnc1. The van der Waals surface area contributed by atoms with Gasteiger partial charge in [-0.25, -0.2) is 14.8 Å². The molecule has 0 fully saturated rings. The molecule has 56 valence electrons. The minimum Gasteiger partial charge on any atom is -1.00 e. The van der Waals surface area contributed by atoms with Gasteiger partial charge in [0.2, 0.25) is 0 Å². The Labute approximate surface area is 88.0 Å². The smallest absolute Gasteiger partial charge is 1.00 e. The summed E-state index contributed by atoms with van der Waals surface area (Å²) in [7, 11) is 0. The Morgan fingerprint density at radius 2 is 1.64 bits per heavy atom. The molecule has 0 aromatic carbocycles. The van der Waals surface area contributed by atoms with Crippen LogP contribution < -0.4 is 41.0 Å². The molecule has 4 N–H and O–H groups in total. The van der Waals surface area contributed by atoms with Crippen LogP contribution in [-0.2, 0) is 0 Å². The second kappa shape index (κ2) is 9.35. The maximum absolute atomic E-state index is 9.00. The van der Waals surface area contributed by atoms with Crippen molar-refractivity contribution >= 4 is 6.03 Å². The van der Waals surface area contributed by atoms with Crippen LogP contribution in [-0.4, -0.2) is 16.0 Å². The van der Waals surface area contributed by atoms with Gasteiger partial charge >= 0.3 is 35.6 Å². The van der Waals surface area contributed by atoms with Gasteiger partial charge < -0.3 is 12.9 Å². The molecule has 0 atom stereocenters. The van der Waals surface area contributed by atoms with Gasteiger partial charge in [0.15, 0.2) is 0 Å². The third-order valence-corrected chi connectivity index (χ3v) is 0.478. The van der Waals surface area contributed by atoms with Gasteiger partial charge in [-0.3, -0.25) is 0 Å². The summed E-state index contributed by atoms with van der Waals surface area (Å²) in [5.74, 6) is 0. The van der Waals surface area contributed by atoms with Crippen LogP contribution in [0.1, 0.15) is 1.43 Å². The largest absolute Gasteiger partial charge is 1.00 e. The predicted octanol–water partition coefficient (Wildman–Crippen LogP) is -3.38. The number of rotatable bonds is 0. The molecule has 0 saturated heterocycles. The molecule has 1 aromatic rings. The van der Waals surface area contributed by atoms with Crippen LogP contribution in [0.25, 0.3) is 0 Å². The Morgan fingerprint density at radius 1 is 1.27 bits per heavy atom. The van der Waals surface area contributed by atoms with Crippen molar-refractivity contribution in [2.24, 2.45) is 11.5 Å². The number of carbonyl (C=O) groups excluding carboxylic acids is 1. The molecule has 5 nitrogen and oxygen atoms in total. The fourth-order valence-electron chi connectivity index (χ4n) is 0.253. The Morgan fingerprint density at radius 3 is 1.73 bits per heavy atom. The molecule has 0 unspecified atom stereocenters. The Hall–Kier alpha value is -0.650. The van der Waals surface area contributed by atoms with E-state index in [4.69, 9.17) is 4.79 Å². The number of hydrogen-bond acceptors (Lipinski definition) is 3. The normalized spacial score (nSPS) is 6.55. The number of hydrogen-bond donors (Lipinski definition) is 2. The number of carbonyl (C=O) groups is 1. The number of amides is 2. The molecule has 0 aliphatic carbocycles. The Balaban J connectivity index is -0.000000124. The van der Waals surface area contributed by atoms with Crippen LogP contribution in [0.2, 0.25) is 0 Å². The van der Waals surface area contributed by atoms with E-state index >= 15 is 0 Å². The molecular formula is C5H9N4NaO. The third-order valence-electron chi connectivity index (χ3n) is 0.478. The molecule has 0 aliphatic rings. The van der Waals surface area contributed by atoms with Crippen molar-refractivity contribution in [2.75, 3.05) is 0 Å². The van der Waals surface area contributed by atoms with Crippen LogP contribution in [0.15, 0.2) is 24.8 Å². The van der Waals surface area contributed by atoms with E-state index in [0.29, 0.717) is 0 Å². The van der Waals surface area contributed by atoms with Gasteiger partial charge in [-0.05, 0) is 6.07 Å². The van der Waals surface area contributed by atoms with Gasteiger partial charge in [-0.1, -0.05) is 0 Å². The summed E-state index contributed by atoms with van der Waals surface area (Å²) in [4.78, 5) is 16.3. The number of primary amides is 2. The second-order valence-electron chi connectivity index (χ2n) is 1.31. The van der Waals surface area contributed by atoms with E-state index in [1.807, 2.05) is 0 Å². The Kier molecular flexibility index (Phi) is 11.0. The molecule has 2 amide bonds. The van der Waals surface area contributed by atoms with Gasteiger partial charge in [0.25, 0.3) is 0 Å². The van der Waals surface area contributed by atoms with Crippen molar-refractivity contribution in [3.63, 3.8) is 0 Å². The predicted molar refractivity (Wildman–Crippen MR) is 36.9 cm³/mol. The maximum atomic E-state index is 9.00. The van der Waals surface area contributed by atoms with Gasteiger partial charge in [-0.2, -0.15) is 0 Å². The van der Waals surface area contributed by atoms with Crippen molar-refractivity contribution in [3.8, 4) is 0 Å². The Bertz CT molecular complexity index is 155. The average molecular weight is 164 g/mol. The van der Waals surface area contributed by atoms with Crippen LogP contribution in [0.5, 0.6) is 0 Å². The van der Waals surface area contributed by atoms with Gasteiger partial charge in [0.1, 0.15) is 6.33 Å². The first-order chi connectivity index (χ1) is 4.73. The summed E-state index contributed by atoms with van der Waals surface area (Å²) in [6, 6.07) is 0.944. The first kappa shape index (κ1) is 13.0. The zero-order valence-corrected chi connectivity index (χ0v) is 8.27. The monoisotopic (exact) mass is 164 g/mol. The summed E-state index contributed by atoms with van der Waals surface area (Å²) in [5, 5.41) is 0. The van der Waals surface area contributed by atoms with Crippen molar-refractivity contribution < 1.29 is 35.8 Å². The van der Waals surface area contributed by atoms with E-state index in [1.54, 1.807) is 18.5 Å². The number of urea groups is 1. The summed E-state index contributed by atoms with van der Waals surface area (Å²) < 4.78 is 0. The summed E-state index contributed by atoms with van der Waals surface area (Å²) >= 11 is 0. The van der Waals surface area contributed by atoms with E-state index < -0.39 is 6.03 Å². The van der Waals surface area contributed by atoms with Crippen LogP contribution >= 0.6 is 0 Å². The van der Waals surface area contributed by atoms with E-state index in [1.165, 1.54) is 6.33 Å². The number of nitrogens with zero attached hydrogens (tertiary/aromatic N) is 2. The minimum atomic E-state index is -0.833. The summed E-state index contributed by atoms with van der Waals surface area (Å²) in [6.45, 7) is 0. The first-order valence-corrected chi connectivity index (χ1v) is 2.48. The maximum Gasteiger partial charge on any atom is 1.00 e. The van der Waals surface area contributed by atoms with E-state index in [2.05, 4.69) is 21.4 Å². The molecule has 6 heteroatoms. The quantitative estimate of drug-likeness (QED) is 0.391. The molecule has 1 heterocycles. The average Bonchev–Trinajstić information content (AvgIpc) is 1.90. The van der Waals surface area contributed by atoms with Crippen molar-refractivity contribution in [2.45, 2.75) is 0 Å². The van der Waals surface area contributed by atoms with Crippen LogP contribution in [0.4, 0.5) is 4.79 Å². The third kappa shape index (κ3) is 17.6. The molecule has 0 aliphatic heterocycles. The molecule has 1 aromatic heterocycles. The van der Waals surface area contributed by atoms with Gasteiger partial charge in [-0.15, -0.1) is 0 Å². The standard InChI is InChI=1S/C4H4N2.CH4N2O.Na.H/c1-2-5-4-6-3-1;2-1(3)4;;/h1-4H;(H4,2,3,4);;/q;;+1;-1. The molecule has 0 bridgehead atoms. The van der Waals surface area contributed by atoms with E-state index in [0.717, 1.165) is 0 Å². The zero-order valence-electron chi connectivity index (χ0n) is 7.27. The molecule has 11 heavy (non-hydrogen) atoms. The van der Waals surface area contributed by atoms with E-state index in [9.17, 15) is 0 Å². The fraction of sp³-hybridized carbons (Fsp3) is 0. The second-order valence-corrected chi connectivity index (χ2v) is 1.31. The van der Waals surface area contributed by atoms with Gasteiger partial charge in [0.05, 0.1) is 0 Å². The zero-order chi connectivity index (χ0) is 7.82. The topological polar surface area (TPSA) is 94.9 Å². The van der Waals surface area contributed by atoms with E-state index in [-0.39, 0.29) is 31.0 Å². The number of aromatic nitrogens is 2. The van der Waals surface area contributed by atoms with Crippen molar-refractivity contribution in [1.29, 1.82) is 0 Å². The van der Waals surface area contributed by atoms with Crippen LogP contribution in [0.3, 0.4) is 0 Å². The molecule has 1 rings (SSSR count). The van der Waals surface area contributed by atoms with Gasteiger partial charge in [0, 0.05) is 12.4 Å². The fourth-order valence-corrected chi connectivity index (χ4v) is 0.253. The molecular weight excluding hydrogens is 155 g/mol. The molecule has 0 saturated carbocycles. The summed E-state index contributed by atoms with van der Waals surface area (Å²) in [6.07, 6.45) is 4.88.